The quantitative estimate of drug-likeness (QED) is 0.386. The minimum absolute atomic E-state index is 0.214. The van der Waals surface area contributed by atoms with Crippen molar-refractivity contribution in [1.82, 2.24) is 4.57 Å². The SMILES string of the molecule is CCOC(=O)C1=C(C)N=c2s/c(=C/c3ccc(C)cc3)c(=O)n2[C@H]1c1c(OC)ccc2ccccc12. The summed E-state index contributed by atoms with van der Waals surface area (Å²) >= 11 is 1.31. The number of hydrogen-bond acceptors (Lipinski definition) is 6. The van der Waals surface area contributed by atoms with Crippen molar-refractivity contribution >= 4 is 34.2 Å². The van der Waals surface area contributed by atoms with E-state index < -0.39 is 12.0 Å². The van der Waals surface area contributed by atoms with Gasteiger partial charge in [0.05, 0.1) is 29.5 Å². The van der Waals surface area contributed by atoms with Gasteiger partial charge in [-0.2, -0.15) is 0 Å². The molecule has 0 saturated heterocycles. The Balaban J connectivity index is 1.84. The van der Waals surface area contributed by atoms with E-state index in [1.54, 1.807) is 25.5 Å². The number of fused-ring (bicyclic) bond motifs is 2. The van der Waals surface area contributed by atoms with Crippen LogP contribution in [0.4, 0.5) is 0 Å². The highest BCUT2D eigenvalue weighted by molar-refractivity contribution is 7.07. The summed E-state index contributed by atoms with van der Waals surface area (Å²) in [7, 11) is 1.59. The zero-order valence-electron chi connectivity index (χ0n) is 20.6. The molecule has 0 aliphatic carbocycles. The number of benzene rings is 3. The molecule has 3 aromatic carbocycles. The van der Waals surface area contributed by atoms with Gasteiger partial charge >= 0.3 is 5.97 Å². The molecule has 36 heavy (non-hydrogen) atoms. The molecule has 4 aromatic rings. The minimum Gasteiger partial charge on any atom is -0.496 e. The summed E-state index contributed by atoms with van der Waals surface area (Å²) < 4.78 is 13.4. The lowest BCUT2D eigenvalue weighted by Gasteiger charge is -2.27. The van der Waals surface area contributed by atoms with E-state index in [4.69, 9.17) is 9.47 Å². The fourth-order valence-electron chi connectivity index (χ4n) is 4.61. The second-order valence-corrected chi connectivity index (χ2v) is 9.62. The van der Waals surface area contributed by atoms with Gasteiger partial charge in [0.2, 0.25) is 0 Å². The van der Waals surface area contributed by atoms with E-state index in [0.717, 1.165) is 27.5 Å². The Kier molecular flexibility index (Phi) is 6.33. The Morgan fingerprint density at radius 2 is 1.83 bits per heavy atom. The second-order valence-electron chi connectivity index (χ2n) is 8.62. The van der Waals surface area contributed by atoms with Crippen LogP contribution in [0.5, 0.6) is 5.75 Å². The number of ether oxygens (including phenoxy) is 2. The Bertz CT molecular complexity index is 1690. The summed E-state index contributed by atoms with van der Waals surface area (Å²) in [6.07, 6.45) is 1.87. The molecular weight excluding hydrogens is 472 g/mol. The topological polar surface area (TPSA) is 69.9 Å². The van der Waals surface area contributed by atoms with Gasteiger partial charge in [-0.25, -0.2) is 9.79 Å². The van der Waals surface area contributed by atoms with Crippen molar-refractivity contribution in [3.63, 3.8) is 0 Å². The molecule has 0 bridgehead atoms. The first-order chi connectivity index (χ1) is 17.4. The fourth-order valence-corrected chi connectivity index (χ4v) is 5.66. The maximum absolute atomic E-state index is 13.9. The van der Waals surface area contributed by atoms with Crippen LogP contribution in [0, 0.1) is 6.92 Å². The highest BCUT2D eigenvalue weighted by Gasteiger charge is 2.36. The molecule has 0 fully saturated rings. The zero-order valence-corrected chi connectivity index (χ0v) is 21.4. The van der Waals surface area contributed by atoms with E-state index in [9.17, 15) is 9.59 Å². The van der Waals surface area contributed by atoms with Crippen molar-refractivity contribution in [3.05, 3.63) is 108 Å². The molecule has 2 heterocycles. The summed E-state index contributed by atoms with van der Waals surface area (Å²) in [5, 5.41) is 1.87. The van der Waals surface area contributed by atoms with Crippen LogP contribution in [-0.4, -0.2) is 24.3 Å². The number of thiazole rings is 1. The second kappa shape index (κ2) is 9.59. The zero-order chi connectivity index (χ0) is 25.4. The summed E-state index contributed by atoms with van der Waals surface area (Å²) in [6, 6.07) is 18.9. The van der Waals surface area contributed by atoms with Crippen LogP contribution < -0.4 is 19.6 Å². The van der Waals surface area contributed by atoms with Crippen molar-refractivity contribution in [2.24, 2.45) is 4.99 Å². The third kappa shape index (κ3) is 4.05. The summed E-state index contributed by atoms with van der Waals surface area (Å²) in [5.74, 6) is 0.0925. The van der Waals surface area contributed by atoms with Gasteiger partial charge in [-0.05, 0) is 49.2 Å². The molecule has 5 rings (SSSR count). The number of rotatable bonds is 5. The largest absolute Gasteiger partial charge is 0.496 e. The lowest BCUT2D eigenvalue weighted by atomic mass is 9.90. The number of esters is 1. The molecular formula is C29H26N2O4S. The maximum atomic E-state index is 13.9. The van der Waals surface area contributed by atoms with Gasteiger partial charge in [-0.15, -0.1) is 0 Å². The molecule has 1 aliphatic rings. The Hall–Kier alpha value is -3.97. The van der Waals surface area contributed by atoms with Crippen molar-refractivity contribution in [2.45, 2.75) is 26.8 Å². The highest BCUT2D eigenvalue weighted by atomic mass is 32.1. The Morgan fingerprint density at radius 1 is 1.08 bits per heavy atom. The number of nitrogens with zero attached hydrogens (tertiary/aromatic N) is 2. The number of hydrogen-bond donors (Lipinski definition) is 0. The van der Waals surface area contributed by atoms with Crippen LogP contribution in [0.25, 0.3) is 16.8 Å². The molecule has 0 amide bonds. The Morgan fingerprint density at radius 3 is 2.56 bits per heavy atom. The summed E-state index contributed by atoms with van der Waals surface area (Å²) in [4.78, 5) is 32.4. The predicted molar refractivity (Wildman–Crippen MR) is 142 cm³/mol. The smallest absolute Gasteiger partial charge is 0.338 e. The number of carbonyl (C=O) groups is 1. The van der Waals surface area contributed by atoms with Crippen LogP contribution in [0.1, 0.15) is 36.6 Å². The van der Waals surface area contributed by atoms with Crippen LogP contribution in [0.2, 0.25) is 0 Å². The van der Waals surface area contributed by atoms with E-state index in [1.807, 2.05) is 73.7 Å². The lowest BCUT2D eigenvalue weighted by molar-refractivity contribution is -0.139. The summed E-state index contributed by atoms with van der Waals surface area (Å²) in [5.41, 5.74) is 3.44. The van der Waals surface area contributed by atoms with Crippen LogP contribution in [0.3, 0.4) is 0 Å². The first kappa shape index (κ1) is 23.8. The van der Waals surface area contributed by atoms with Gasteiger partial charge < -0.3 is 9.47 Å². The molecule has 0 spiro atoms. The normalized spacial score (nSPS) is 15.6. The molecule has 0 unspecified atom stereocenters. The maximum Gasteiger partial charge on any atom is 0.338 e. The first-order valence-corrected chi connectivity index (χ1v) is 12.6. The van der Waals surface area contributed by atoms with Gasteiger partial charge in [-0.1, -0.05) is 71.5 Å². The van der Waals surface area contributed by atoms with Gasteiger partial charge in [0.15, 0.2) is 4.80 Å². The molecule has 7 heteroatoms. The monoisotopic (exact) mass is 498 g/mol. The number of aryl methyl sites for hydroxylation is 1. The lowest BCUT2D eigenvalue weighted by Crippen LogP contribution is -2.40. The number of methoxy groups -OCH3 is 1. The molecule has 0 N–H and O–H groups in total. The molecule has 1 aromatic heterocycles. The van der Waals surface area contributed by atoms with E-state index in [1.165, 1.54) is 11.3 Å². The fraction of sp³-hybridized carbons (Fsp3) is 0.207. The number of carbonyl (C=O) groups excluding carboxylic acids is 1. The van der Waals surface area contributed by atoms with Crippen LogP contribution >= 0.6 is 11.3 Å². The van der Waals surface area contributed by atoms with Crippen molar-refractivity contribution < 1.29 is 14.3 Å². The molecule has 1 atom stereocenters. The molecule has 0 saturated carbocycles. The highest BCUT2D eigenvalue weighted by Crippen LogP contribution is 2.40. The van der Waals surface area contributed by atoms with Crippen molar-refractivity contribution in [3.8, 4) is 5.75 Å². The molecule has 182 valence electrons. The van der Waals surface area contributed by atoms with Gasteiger partial charge in [0, 0.05) is 5.56 Å². The molecule has 6 nitrogen and oxygen atoms in total. The van der Waals surface area contributed by atoms with Crippen LogP contribution in [-0.2, 0) is 9.53 Å². The van der Waals surface area contributed by atoms with Gasteiger partial charge in [-0.3, -0.25) is 9.36 Å². The average Bonchev–Trinajstić information content (AvgIpc) is 3.18. The first-order valence-electron chi connectivity index (χ1n) is 11.7. The predicted octanol–water partition coefficient (Wildman–Crippen LogP) is 4.27. The average molecular weight is 499 g/mol. The third-order valence-corrected chi connectivity index (χ3v) is 7.30. The number of allylic oxidation sites excluding steroid dienone is 1. The van der Waals surface area contributed by atoms with E-state index in [2.05, 4.69) is 4.99 Å². The van der Waals surface area contributed by atoms with Crippen LogP contribution in [0.15, 0.2) is 81.7 Å². The standard InChI is InChI=1S/C29H26N2O4S/c1-5-35-28(33)24-18(3)30-29-31(27(32)23(36-29)16-19-12-10-17(2)11-13-19)26(24)25-21-9-7-6-8-20(21)14-15-22(25)34-4/h6-16,26H,5H2,1-4H3/b23-16+/t26-/m1/s1. The summed E-state index contributed by atoms with van der Waals surface area (Å²) in [6.45, 7) is 5.79. The van der Waals surface area contributed by atoms with Gasteiger partial charge in [0.25, 0.3) is 5.56 Å². The minimum atomic E-state index is -0.749. The number of aromatic nitrogens is 1. The van der Waals surface area contributed by atoms with Crippen molar-refractivity contribution in [1.29, 1.82) is 0 Å². The van der Waals surface area contributed by atoms with Crippen molar-refractivity contribution in [2.75, 3.05) is 13.7 Å². The Labute approximate surface area is 212 Å². The van der Waals surface area contributed by atoms with E-state index in [0.29, 0.717) is 26.4 Å². The third-order valence-electron chi connectivity index (χ3n) is 6.32. The van der Waals surface area contributed by atoms with E-state index in [-0.39, 0.29) is 12.2 Å². The molecule has 1 aliphatic heterocycles. The van der Waals surface area contributed by atoms with E-state index >= 15 is 0 Å². The van der Waals surface area contributed by atoms with Gasteiger partial charge in [0.1, 0.15) is 11.8 Å². The molecule has 0 radical (unpaired) electrons.